The minimum atomic E-state index is -0.222. The number of ether oxygens (including phenoxy) is 1. The van der Waals surface area contributed by atoms with E-state index in [1.54, 1.807) is 12.3 Å². The van der Waals surface area contributed by atoms with Gasteiger partial charge in [-0.1, -0.05) is 12.7 Å². The van der Waals surface area contributed by atoms with E-state index in [0.717, 1.165) is 28.0 Å². The minimum absolute atomic E-state index is 0.222. The number of carbonyl (C=O) groups is 1. The molecule has 0 atom stereocenters. The molecule has 2 aromatic carbocycles. The van der Waals surface area contributed by atoms with Crippen molar-refractivity contribution < 1.29 is 9.53 Å². The lowest BCUT2D eigenvalue weighted by molar-refractivity contribution is 0.0955. The molecule has 1 amide bonds. The smallest absolute Gasteiger partial charge is 0.271 e. The van der Waals surface area contributed by atoms with Crippen LogP contribution in [0.4, 0.5) is 5.69 Å². The molecule has 0 unspecified atom stereocenters. The molecule has 140 valence electrons. The van der Waals surface area contributed by atoms with Gasteiger partial charge >= 0.3 is 0 Å². The predicted octanol–water partition coefficient (Wildman–Crippen LogP) is 4.22. The van der Waals surface area contributed by atoms with Gasteiger partial charge in [-0.15, -0.1) is 0 Å². The van der Waals surface area contributed by atoms with Gasteiger partial charge in [-0.25, -0.2) is 5.43 Å². The van der Waals surface area contributed by atoms with E-state index in [2.05, 4.69) is 44.6 Å². The lowest BCUT2D eigenvalue weighted by atomic mass is 10.2. The topological polar surface area (TPSA) is 53.9 Å². The number of rotatable bonds is 7. The number of nitrogens with zero attached hydrogens (tertiary/aromatic N) is 2. The molecule has 0 saturated carbocycles. The molecule has 0 bridgehead atoms. The van der Waals surface area contributed by atoms with Crippen LogP contribution in [0.1, 0.15) is 28.8 Å². The first kappa shape index (κ1) is 19.4. The van der Waals surface area contributed by atoms with Crippen LogP contribution in [-0.2, 0) is 0 Å². The Labute approximate surface area is 173 Å². The highest BCUT2D eigenvalue weighted by Crippen LogP contribution is 2.22. The number of anilines is 1. The maximum atomic E-state index is 12.2. The first-order valence-corrected chi connectivity index (χ1v) is 9.97. The van der Waals surface area contributed by atoms with Crippen LogP contribution < -0.4 is 15.1 Å². The fourth-order valence-corrected chi connectivity index (χ4v) is 3.59. The Bertz CT molecular complexity index is 828. The van der Waals surface area contributed by atoms with Gasteiger partial charge in [0, 0.05) is 24.3 Å². The molecule has 27 heavy (non-hydrogen) atoms. The van der Waals surface area contributed by atoms with Crippen LogP contribution in [0.25, 0.3) is 0 Å². The number of halogens is 1. The Morgan fingerprint density at radius 1 is 1.22 bits per heavy atom. The summed E-state index contributed by atoms with van der Waals surface area (Å²) >= 11 is 2.21. The molecule has 1 aliphatic rings. The maximum absolute atomic E-state index is 12.2. The van der Waals surface area contributed by atoms with E-state index in [4.69, 9.17) is 4.74 Å². The summed E-state index contributed by atoms with van der Waals surface area (Å²) in [5.41, 5.74) is 5.22. The summed E-state index contributed by atoms with van der Waals surface area (Å²) in [6.07, 6.45) is 5.79. The number of benzene rings is 2. The molecule has 0 spiro atoms. The van der Waals surface area contributed by atoms with Crippen molar-refractivity contribution in [2.75, 3.05) is 24.6 Å². The molecular weight excluding hydrogens is 453 g/mol. The molecule has 6 heteroatoms. The summed E-state index contributed by atoms with van der Waals surface area (Å²) in [7, 11) is 0. The van der Waals surface area contributed by atoms with Crippen LogP contribution in [0.3, 0.4) is 0 Å². The Kier molecular flexibility index (Phi) is 6.86. The average Bonchev–Trinajstić information content (AvgIpc) is 3.22. The molecule has 1 aliphatic heterocycles. The number of carbonyl (C=O) groups excluding carboxylic acids is 1. The second-order valence-corrected chi connectivity index (χ2v) is 7.39. The zero-order valence-corrected chi connectivity index (χ0v) is 17.2. The van der Waals surface area contributed by atoms with Gasteiger partial charge in [0.2, 0.25) is 0 Å². The van der Waals surface area contributed by atoms with Crippen molar-refractivity contribution in [2.24, 2.45) is 5.10 Å². The second kappa shape index (κ2) is 9.55. The van der Waals surface area contributed by atoms with Gasteiger partial charge < -0.3 is 9.64 Å². The van der Waals surface area contributed by atoms with Crippen molar-refractivity contribution in [3.8, 4) is 5.75 Å². The fourth-order valence-electron chi connectivity index (χ4n) is 2.89. The second-order valence-electron chi connectivity index (χ2n) is 6.23. The van der Waals surface area contributed by atoms with Crippen molar-refractivity contribution in [3.63, 3.8) is 0 Å². The van der Waals surface area contributed by atoms with E-state index in [1.807, 2.05) is 42.5 Å². The van der Waals surface area contributed by atoms with Gasteiger partial charge in [0.1, 0.15) is 12.4 Å². The highest BCUT2D eigenvalue weighted by atomic mass is 127. The lowest BCUT2D eigenvalue weighted by Gasteiger charge is -2.17. The van der Waals surface area contributed by atoms with Crippen molar-refractivity contribution in [1.82, 2.24) is 5.43 Å². The van der Waals surface area contributed by atoms with Crippen LogP contribution in [0.5, 0.6) is 5.75 Å². The van der Waals surface area contributed by atoms with Crippen LogP contribution in [-0.4, -0.2) is 31.8 Å². The van der Waals surface area contributed by atoms with Crippen LogP contribution in [0.2, 0.25) is 0 Å². The van der Waals surface area contributed by atoms with E-state index >= 15 is 0 Å². The molecule has 1 N–H and O–H groups in total. The van der Waals surface area contributed by atoms with Crippen LogP contribution in [0, 0.1) is 3.57 Å². The van der Waals surface area contributed by atoms with E-state index in [1.165, 1.54) is 18.5 Å². The van der Waals surface area contributed by atoms with Crippen LogP contribution >= 0.6 is 22.6 Å². The Hall–Kier alpha value is -2.35. The summed E-state index contributed by atoms with van der Waals surface area (Å²) < 4.78 is 6.52. The van der Waals surface area contributed by atoms with E-state index in [0.29, 0.717) is 12.2 Å². The van der Waals surface area contributed by atoms with E-state index < -0.39 is 0 Å². The number of hydrogen-bond donors (Lipinski definition) is 1. The third-order valence-corrected chi connectivity index (χ3v) is 5.14. The SMILES string of the molecule is C=CCOc1ccc(/C=N\NC(=O)c2ccc(N3CCCC3)cc2)cc1I. The molecule has 1 saturated heterocycles. The predicted molar refractivity (Wildman–Crippen MR) is 118 cm³/mol. The minimum Gasteiger partial charge on any atom is -0.488 e. The number of hydrogen-bond acceptors (Lipinski definition) is 4. The van der Waals surface area contributed by atoms with Crippen molar-refractivity contribution >= 4 is 40.4 Å². The molecule has 0 radical (unpaired) electrons. The van der Waals surface area contributed by atoms with Crippen molar-refractivity contribution in [3.05, 3.63) is 69.8 Å². The van der Waals surface area contributed by atoms with Gasteiger partial charge in [-0.05, 0) is 83.5 Å². The highest BCUT2D eigenvalue weighted by molar-refractivity contribution is 14.1. The zero-order valence-electron chi connectivity index (χ0n) is 15.0. The van der Waals surface area contributed by atoms with Gasteiger partial charge in [0.05, 0.1) is 9.78 Å². The van der Waals surface area contributed by atoms with Gasteiger partial charge in [0.25, 0.3) is 5.91 Å². The maximum Gasteiger partial charge on any atom is 0.271 e. The van der Waals surface area contributed by atoms with E-state index in [9.17, 15) is 4.79 Å². The summed E-state index contributed by atoms with van der Waals surface area (Å²) in [6, 6.07) is 13.4. The standard InChI is InChI=1S/C21H22IN3O2/c1-2-13-27-20-10-5-16(14-19(20)22)15-23-24-21(26)17-6-8-18(9-7-17)25-11-3-4-12-25/h2,5-10,14-15H,1,3-4,11-13H2,(H,24,26)/b23-15-. The molecule has 0 aliphatic carbocycles. The number of hydrazone groups is 1. The zero-order chi connectivity index (χ0) is 19.1. The van der Waals surface area contributed by atoms with Gasteiger partial charge in [-0.3, -0.25) is 4.79 Å². The largest absolute Gasteiger partial charge is 0.488 e. The number of amides is 1. The molecule has 5 nitrogen and oxygen atoms in total. The molecular formula is C21H22IN3O2. The van der Waals surface area contributed by atoms with Crippen molar-refractivity contribution in [2.45, 2.75) is 12.8 Å². The summed E-state index contributed by atoms with van der Waals surface area (Å²) in [5.74, 6) is 0.578. The molecule has 2 aromatic rings. The Morgan fingerprint density at radius 3 is 2.63 bits per heavy atom. The lowest BCUT2D eigenvalue weighted by Crippen LogP contribution is -2.19. The molecule has 1 fully saturated rings. The average molecular weight is 475 g/mol. The molecule has 1 heterocycles. The third-order valence-electron chi connectivity index (χ3n) is 4.29. The monoisotopic (exact) mass is 475 g/mol. The first-order chi connectivity index (χ1) is 13.2. The molecule has 3 rings (SSSR count). The third kappa shape index (κ3) is 5.32. The Morgan fingerprint density at radius 2 is 1.96 bits per heavy atom. The molecule has 0 aromatic heterocycles. The van der Waals surface area contributed by atoms with E-state index in [-0.39, 0.29) is 5.91 Å². The van der Waals surface area contributed by atoms with Gasteiger partial charge in [0.15, 0.2) is 0 Å². The Balaban J connectivity index is 1.56. The van der Waals surface area contributed by atoms with Crippen LogP contribution in [0.15, 0.2) is 60.2 Å². The number of nitrogens with one attached hydrogen (secondary N) is 1. The first-order valence-electron chi connectivity index (χ1n) is 8.89. The summed E-state index contributed by atoms with van der Waals surface area (Å²) in [6.45, 7) is 6.29. The highest BCUT2D eigenvalue weighted by Gasteiger charge is 2.12. The van der Waals surface area contributed by atoms with Crippen molar-refractivity contribution in [1.29, 1.82) is 0 Å². The van der Waals surface area contributed by atoms with Gasteiger partial charge in [-0.2, -0.15) is 5.10 Å². The normalized spacial score (nSPS) is 13.7. The quantitative estimate of drug-likeness (QED) is 0.283. The summed E-state index contributed by atoms with van der Waals surface area (Å²) in [4.78, 5) is 14.6. The summed E-state index contributed by atoms with van der Waals surface area (Å²) in [5, 5.41) is 4.06. The fraction of sp³-hybridized carbons (Fsp3) is 0.238.